The van der Waals surface area contributed by atoms with Crippen molar-refractivity contribution >= 4 is 11.0 Å². The highest BCUT2D eigenvalue weighted by Crippen LogP contribution is 2.58. The highest BCUT2D eigenvalue weighted by molar-refractivity contribution is 5.77. The number of nitrogens with zero attached hydrogens (tertiary/aromatic N) is 3. The third-order valence-electron chi connectivity index (χ3n) is 10.4. The Kier molecular flexibility index (Phi) is 8.65. The van der Waals surface area contributed by atoms with E-state index in [0.29, 0.717) is 23.5 Å². The van der Waals surface area contributed by atoms with E-state index in [1.54, 1.807) is 18.6 Å². The average molecular weight is 545 g/mol. The summed E-state index contributed by atoms with van der Waals surface area (Å²) in [5.74, 6) is 2.19. The predicted octanol–water partition coefficient (Wildman–Crippen LogP) is 7.19. The van der Waals surface area contributed by atoms with Gasteiger partial charge in [-0.15, -0.1) is 0 Å². The zero-order chi connectivity index (χ0) is 28.4. The van der Waals surface area contributed by atoms with Gasteiger partial charge in [0.05, 0.1) is 16.7 Å². The Morgan fingerprint density at radius 3 is 2.08 bits per heavy atom. The summed E-state index contributed by atoms with van der Waals surface area (Å²) in [7, 11) is 0. The van der Waals surface area contributed by atoms with Crippen molar-refractivity contribution in [3.63, 3.8) is 0 Å². The fraction of sp³-hybridized carbons (Fsp3) is 0.618. The first kappa shape index (κ1) is 28.8. The first-order valence-electron chi connectivity index (χ1n) is 15.8. The Labute approximate surface area is 239 Å². The van der Waals surface area contributed by atoms with Gasteiger partial charge in [0, 0.05) is 24.2 Å². The maximum absolute atomic E-state index is 13.6. The van der Waals surface area contributed by atoms with Crippen LogP contribution in [0.15, 0.2) is 52.1 Å². The van der Waals surface area contributed by atoms with Gasteiger partial charge >= 0.3 is 0 Å². The lowest BCUT2D eigenvalue weighted by molar-refractivity contribution is -0.0646. The van der Waals surface area contributed by atoms with E-state index in [9.17, 15) is 9.59 Å². The van der Waals surface area contributed by atoms with Gasteiger partial charge in [0.15, 0.2) is 5.69 Å². The number of para-hydroxylation sites is 2. The van der Waals surface area contributed by atoms with Crippen molar-refractivity contribution < 1.29 is 0 Å². The van der Waals surface area contributed by atoms with Crippen LogP contribution >= 0.6 is 0 Å². The van der Waals surface area contributed by atoms with Crippen molar-refractivity contribution in [1.82, 2.24) is 19.4 Å². The summed E-state index contributed by atoms with van der Waals surface area (Å²) in [4.78, 5) is 35.5. The van der Waals surface area contributed by atoms with Crippen molar-refractivity contribution in [3.05, 3.63) is 63.2 Å². The SMILES string of the molecule is CC.CC1(C)C2CCC[C@H]1C2.CCN1C2CCCC1CC(n1c(=O)c(-c3cccc(=O)[nH]3)nc3ccccc31)C2. The molecular formula is C34H48N4O2. The first-order valence-corrected chi connectivity index (χ1v) is 15.8. The van der Waals surface area contributed by atoms with Gasteiger partial charge in [-0.2, -0.15) is 0 Å². The molecule has 2 saturated heterocycles. The second-order valence-electron chi connectivity index (χ2n) is 12.6. The molecule has 6 nitrogen and oxygen atoms in total. The van der Waals surface area contributed by atoms with Gasteiger partial charge in [-0.3, -0.25) is 14.5 Å². The summed E-state index contributed by atoms with van der Waals surface area (Å²) in [5.41, 5.74) is 2.87. The molecule has 3 aromatic rings. The maximum Gasteiger partial charge on any atom is 0.279 e. The Morgan fingerprint density at radius 1 is 0.850 bits per heavy atom. The predicted molar refractivity (Wildman–Crippen MR) is 165 cm³/mol. The van der Waals surface area contributed by atoms with Crippen molar-refractivity contribution in [3.8, 4) is 11.4 Å². The van der Waals surface area contributed by atoms with E-state index in [-0.39, 0.29) is 17.2 Å². The molecule has 4 heterocycles. The molecule has 5 aliphatic rings. The van der Waals surface area contributed by atoms with E-state index in [4.69, 9.17) is 0 Å². The normalized spacial score (nSPS) is 28.4. The molecule has 216 valence electrons. The van der Waals surface area contributed by atoms with E-state index in [2.05, 4.69) is 35.6 Å². The van der Waals surface area contributed by atoms with Crippen LogP contribution in [0.1, 0.15) is 98.4 Å². The monoisotopic (exact) mass is 544 g/mol. The summed E-state index contributed by atoms with van der Waals surface area (Å²) >= 11 is 0. The smallest absolute Gasteiger partial charge is 0.279 e. The van der Waals surface area contributed by atoms with Gasteiger partial charge in [0.25, 0.3) is 5.56 Å². The molecule has 1 aromatic carbocycles. The van der Waals surface area contributed by atoms with Gasteiger partial charge in [0.2, 0.25) is 5.56 Å². The van der Waals surface area contributed by atoms with Crippen LogP contribution in [0, 0.1) is 17.3 Å². The van der Waals surface area contributed by atoms with Crippen molar-refractivity contribution in [2.75, 3.05) is 6.54 Å². The Bertz CT molecular complexity index is 1390. The molecule has 3 unspecified atom stereocenters. The third-order valence-corrected chi connectivity index (χ3v) is 10.4. The molecule has 2 aliphatic heterocycles. The van der Waals surface area contributed by atoms with Crippen LogP contribution in [0.3, 0.4) is 0 Å². The Balaban J connectivity index is 0.000000246. The molecule has 3 saturated carbocycles. The molecule has 5 fully saturated rings. The number of nitrogens with one attached hydrogen (secondary N) is 1. The van der Waals surface area contributed by atoms with E-state index >= 15 is 0 Å². The molecule has 4 atom stereocenters. The van der Waals surface area contributed by atoms with Gasteiger partial charge in [-0.05, 0) is 86.9 Å². The van der Waals surface area contributed by atoms with Crippen LogP contribution < -0.4 is 11.1 Å². The number of H-pyrrole nitrogens is 1. The fourth-order valence-electron chi connectivity index (χ4n) is 8.17. The molecule has 40 heavy (non-hydrogen) atoms. The van der Waals surface area contributed by atoms with Crippen molar-refractivity contribution in [2.45, 2.75) is 111 Å². The van der Waals surface area contributed by atoms with Crippen LogP contribution in [0.4, 0.5) is 0 Å². The number of hydrogen-bond donors (Lipinski definition) is 1. The van der Waals surface area contributed by atoms with Crippen LogP contribution in [-0.4, -0.2) is 38.1 Å². The lowest BCUT2D eigenvalue weighted by Gasteiger charge is -2.56. The molecule has 3 aliphatic carbocycles. The van der Waals surface area contributed by atoms with Crippen LogP contribution in [0.5, 0.6) is 0 Å². The molecule has 1 N–H and O–H groups in total. The molecule has 0 spiro atoms. The minimum atomic E-state index is -0.228. The zero-order valence-corrected chi connectivity index (χ0v) is 25.2. The summed E-state index contributed by atoms with van der Waals surface area (Å²) in [6.07, 6.45) is 11.8. The molecule has 0 amide bonds. The van der Waals surface area contributed by atoms with Gasteiger partial charge in [0.1, 0.15) is 0 Å². The lowest BCUT2D eigenvalue weighted by atomic mass is 9.49. The summed E-state index contributed by atoms with van der Waals surface area (Å²) in [6.45, 7) is 12.2. The number of fused-ring (bicyclic) bond motifs is 5. The fourth-order valence-corrected chi connectivity index (χ4v) is 8.17. The van der Waals surface area contributed by atoms with E-state index < -0.39 is 0 Å². The number of benzene rings is 1. The number of aromatic amines is 1. The maximum atomic E-state index is 13.6. The van der Waals surface area contributed by atoms with E-state index in [0.717, 1.165) is 47.7 Å². The summed E-state index contributed by atoms with van der Waals surface area (Å²) in [6, 6.07) is 13.9. The lowest BCUT2D eigenvalue weighted by Crippen LogP contribution is -2.53. The average Bonchev–Trinajstić information content (AvgIpc) is 2.98. The quantitative estimate of drug-likeness (QED) is 0.379. The second-order valence-corrected chi connectivity index (χ2v) is 12.6. The highest BCUT2D eigenvalue weighted by atomic mass is 16.1. The molecule has 6 heteroatoms. The molecular weight excluding hydrogens is 496 g/mol. The summed E-state index contributed by atoms with van der Waals surface area (Å²) < 4.78 is 1.96. The minimum Gasteiger partial charge on any atom is -0.320 e. The molecule has 8 rings (SSSR count). The molecule has 2 aromatic heterocycles. The Hall–Kier alpha value is -2.73. The Morgan fingerprint density at radius 2 is 1.50 bits per heavy atom. The van der Waals surface area contributed by atoms with Gasteiger partial charge in [-0.25, -0.2) is 4.98 Å². The van der Waals surface area contributed by atoms with Crippen molar-refractivity contribution in [2.24, 2.45) is 17.3 Å². The van der Waals surface area contributed by atoms with Crippen LogP contribution in [-0.2, 0) is 0 Å². The number of piperidine rings is 2. The topological polar surface area (TPSA) is 71.0 Å². The zero-order valence-electron chi connectivity index (χ0n) is 25.2. The van der Waals surface area contributed by atoms with E-state index in [1.165, 1.54) is 44.6 Å². The van der Waals surface area contributed by atoms with Gasteiger partial charge in [-0.1, -0.05) is 65.7 Å². The van der Waals surface area contributed by atoms with Crippen molar-refractivity contribution in [1.29, 1.82) is 0 Å². The largest absolute Gasteiger partial charge is 0.320 e. The van der Waals surface area contributed by atoms with E-state index in [1.807, 2.05) is 42.7 Å². The second kappa shape index (κ2) is 12.0. The first-order chi connectivity index (χ1) is 19.4. The number of hydrogen-bond acceptors (Lipinski definition) is 4. The number of rotatable bonds is 3. The summed E-state index contributed by atoms with van der Waals surface area (Å²) in [5, 5.41) is 0. The standard InChI is InChI=1S/C23H26N4O2.C9H16.C2H6/c1-2-26-15-7-5-8-16(26)14-17(13-15)27-20-11-4-3-9-18(20)25-22(23(27)29)19-10-6-12-21(28)24-19;1-9(2)7-4-3-5-8(9)6-7;1-2/h3-4,6,9-12,15-17H,2,5,7-8,13-14H2,1H3,(H,24,28);7-8H,3-6H2,1-2H3;1-2H3/t;7-,8?;/m.0./s1. The van der Waals surface area contributed by atoms with Crippen LogP contribution in [0.2, 0.25) is 0 Å². The minimum absolute atomic E-state index is 0.112. The van der Waals surface area contributed by atoms with Crippen LogP contribution in [0.25, 0.3) is 22.4 Å². The number of pyridine rings is 1. The third kappa shape index (κ3) is 5.32. The molecule has 4 bridgehead atoms. The molecule has 0 radical (unpaired) electrons. The van der Waals surface area contributed by atoms with Gasteiger partial charge < -0.3 is 9.55 Å². The number of aromatic nitrogens is 3. The highest BCUT2D eigenvalue weighted by Gasteiger charge is 2.49.